The van der Waals surface area contributed by atoms with Crippen LogP contribution in [-0.2, 0) is 71.3 Å². The molecule has 0 saturated carbocycles. The Morgan fingerprint density at radius 1 is 0.269 bits per heavy atom. The zero-order chi connectivity index (χ0) is 74.3. The molecule has 0 aromatic carbocycles. The van der Waals surface area contributed by atoms with Crippen molar-refractivity contribution in [1.29, 1.82) is 0 Å². The molecule has 542 valence electrons. The summed E-state index contributed by atoms with van der Waals surface area (Å²) in [5.74, 6) is -22.6. The summed E-state index contributed by atoms with van der Waals surface area (Å²) in [7, 11) is 1.01. The minimum absolute atomic E-state index is 0.718. The van der Waals surface area contributed by atoms with Gasteiger partial charge in [-0.25, -0.2) is 24.0 Å². The number of carboxylic acids is 5. The lowest BCUT2D eigenvalue weighted by molar-refractivity contribution is -0.543. The van der Waals surface area contributed by atoms with E-state index in [-0.39, 0.29) is 0 Å². The van der Waals surface area contributed by atoms with Crippen LogP contribution in [0.25, 0.3) is 0 Å². The fourth-order valence-corrected chi connectivity index (χ4v) is 15.0. The summed E-state index contributed by atoms with van der Waals surface area (Å²) in [4.78, 5) is 68.8. The van der Waals surface area contributed by atoms with Gasteiger partial charge in [0.25, 0.3) is 0 Å². The van der Waals surface area contributed by atoms with Crippen LogP contribution in [0, 0.1) is 0 Å². The first kappa shape index (κ1) is 82.0. The predicted octanol–water partition coefficient (Wildman–Crippen LogP) is 2.60. The third kappa shape index (κ3) is 9.34. The van der Waals surface area contributed by atoms with Gasteiger partial charge in [0.1, 0.15) is 84.0 Å². The fraction of sp³-hybridized carbons (Fsp3) is 0.921. The van der Waals surface area contributed by atoms with Crippen molar-refractivity contribution < 1.29 is 148 Å². The van der Waals surface area contributed by atoms with E-state index in [0.717, 1.165) is 173 Å². The van der Waals surface area contributed by atoms with Gasteiger partial charge in [-0.2, -0.15) is 0 Å². The highest BCUT2D eigenvalue weighted by atomic mass is 16.8. The number of hydrogen-bond donors (Lipinski definition) is 15. The number of unbranched alkanes of at least 4 members (excludes halogenated alkanes) is 3. The minimum Gasteiger partial charge on any atom is -0.479 e. The molecule has 0 amide bonds. The van der Waals surface area contributed by atoms with Crippen molar-refractivity contribution >= 4 is 29.8 Å². The van der Waals surface area contributed by atoms with E-state index in [1.54, 1.807) is 0 Å². The second-order valence-corrected chi connectivity index (χ2v) is 30.7. The van der Waals surface area contributed by atoms with Gasteiger partial charge in [0.2, 0.25) is 0 Å². The van der Waals surface area contributed by atoms with Crippen molar-refractivity contribution in [2.24, 2.45) is 0 Å². The van der Waals surface area contributed by atoms with Crippen LogP contribution < -0.4 is 0 Å². The van der Waals surface area contributed by atoms with Crippen molar-refractivity contribution in [2.75, 3.05) is 7.11 Å². The zero-order valence-electron chi connectivity index (χ0n) is 59.7. The van der Waals surface area contributed by atoms with Gasteiger partial charge in [0.15, 0.2) is 51.2 Å². The first-order valence-electron chi connectivity index (χ1n) is 30.8. The number of hydrogen-bond acceptors (Lipinski definition) is 25. The number of aliphatic carboxylic acids is 5. The molecule has 24 atom stereocenters. The summed E-state index contributed by atoms with van der Waals surface area (Å²) in [6, 6.07) is 0. The van der Waals surface area contributed by atoms with E-state index in [4.69, 9.17) is 47.4 Å². The van der Waals surface area contributed by atoms with Crippen LogP contribution in [0.1, 0.15) is 220 Å². The number of ether oxygens (including phenoxy) is 10. The molecule has 0 radical (unpaired) electrons. The molecule has 30 heteroatoms. The van der Waals surface area contributed by atoms with Gasteiger partial charge in [-0.15, -0.1) is 0 Å². The van der Waals surface area contributed by atoms with E-state index >= 15 is 0 Å². The summed E-state index contributed by atoms with van der Waals surface area (Å²) in [6.45, 7) is 27.6. The lowest BCUT2D eigenvalue weighted by atomic mass is 9.57. The van der Waals surface area contributed by atoms with E-state index in [9.17, 15) is 101 Å². The van der Waals surface area contributed by atoms with Crippen LogP contribution in [0.3, 0.4) is 0 Å². The molecule has 0 aromatic rings. The second-order valence-electron chi connectivity index (χ2n) is 30.7. The summed E-state index contributed by atoms with van der Waals surface area (Å²) in [5, 5.41) is 183. The van der Waals surface area contributed by atoms with Gasteiger partial charge >= 0.3 is 29.8 Å². The number of carboxylic acid groups (broad SMARTS) is 5. The van der Waals surface area contributed by atoms with Crippen LogP contribution in [-0.4, -0.2) is 254 Å². The van der Waals surface area contributed by atoms with Gasteiger partial charge in [-0.1, -0.05) is 39.5 Å². The monoisotopic (exact) mass is 1350 g/mol. The van der Waals surface area contributed by atoms with Crippen LogP contribution in [0.4, 0.5) is 0 Å². The van der Waals surface area contributed by atoms with Crippen LogP contribution in [0.15, 0.2) is 0 Å². The standard InChI is InChI=1S/C57H96O30.C6H14/c1-33(2)39(8,68)40(9,69)50(19,35(4,79-33)29(60)61)84-55(24)46(15,75)42(11,71)52(21,37(6,81-55)31(64)65)86-57(26)48(17,77)44(13,73)53(22,38(7,83-57)32(66)67)87-56(25)47(16,76)43(12,72)51(20,36(5,82-56)30(62)63)85-54(23)45(14,74)41(10,70)49(18,78-27)34(3,80-54)28(58)59;1-3-5-6-4-2/h68-77H,1-27H3,(H,58,59)(H,60,61)(H,62,63)(H,64,65)(H,66,67);3-6H2,1-2H3/t34?,35?,36?,37-,38?,39?,40-,41-,42?,43?,44?,45?,46?,47?,48+,49+,50+,51+,52+,53+,54-,55-,56-,57-;/m0./s1. The Morgan fingerprint density at radius 3 is 0.602 bits per heavy atom. The van der Waals surface area contributed by atoms with Gasteiger partial charge in [0, 0.05) is 7.11 Å². The summed E-state index contributed by atoms with van der Waals surface area (Å²) in [6.07, 6.45) is 5.54. The summed E-state index contributed by atoms with van der Waals surface area (Å²) < 4.78 is 62.4. The first-order chi connectivity index (χ1) is 40.6. The topological polar surface area (TPSA) is 481 Å². The van der Waals surface area contributed by atoms with Crippen molar-refractivity contribution in [2.45, 2.75) is 360 Å². The molecule has 5 fully saturated rings. The average Bonchev–Trinajstić information content (AvgIpc) is 0.665. The molecule has 5 saturated heterocycles. The van der Waals surface area contributed by atoms with Crippen LogP contribution in [0.5, 0.6) is 0 Å². The maximum Gasteiger partial charge on any atom is 0.338 e. The highest BCUT2D eigenvalue weighted by Crippen LogP contribution is 2.68. The van der Waals surface area contributed by atoms with Crippen LogP contribution in [0.2, 0.25) is 0 Å². The molecule has 5 aliphatic rings. The zero-order valence-corrected chi connectivity index (χ0v) is 59.7. The average molecular weight is 1350 g/mol. The van der Waals surface area contributed by atoms with Crippen LogP contribution >= 0.6 is 0 Å². The minimum atomic E-state index is -3.38. The Balaban J connectivity index is 0.00000292. The maximum atomic E-state index is 14.2. The maximum absolute atomic E-state index is 14.2. The Hall–Kier alpha value is -3.45. The first-order valence-corrected chi connectivity index (χ1v) is 30.8. The van der Waals surface area contributed by atoms with Gasteiger partial charge in [0.05, 0.1) is 5.60 Å². The molecule has 11 unspecified atom stereocenters. The molecule has 5 rings (SSSR count). The third-order valence-electron chi connectivity index (χ3n) is 25.7. The van der Waals surface area contributed by atoms with Crippen molar-refractivity contribution in [3.05, 3.63) is 0 Å². The predicted molar refractivity (Wildman–Crippen MR) is 323 cm³/mol. The largest absolute Gasteiger partial charge is 0.479 e. The smallest absolute Gasteiger partial charge is 0.338 e. The van der Waals surface area contributed by atoms with E-state index in [1.807, 2.05) is 0 Å². The number of aliphatic hydroxyl groups is 10. The van der Waals surface area contributed by atoms with Gasteiger partial charge in [-0.05, 0) is 180 Å². The molecule has 30 nitrogen and oxygen atoms in total. The molecule has 5 heterocycles. The Labute approximate surface area is 543 Å². The quantitative estimate of drug-likeness (QED) is 0.0931. The lowest BCUT2D eigenvalue weighted by Gasteiger charge is -2.73. The normalized spacial score (nSPS) is 55.5. The molecule has 0 aromatic heterocycles. The third-order valence-corrected chi connectivity index (χ3v) is 25.7. The molecule has 0 bridgehead atoms. The number of methoxy groups -OCH3 is 1. The van der Waals surface area contributed by atoms with E-state index in [1.165, 1.54) is 39.5 Å². The molecule has 93 heavy (non-hydrogen) atoms. The lowest BCUT2D eigenvalue weighted by Crippen LogP contribution is -2.93. The molecule has 5 aliphatic heterocycles. The highest BCUT2D eigenvalue weighted by Gasteiger charge is 2.89. The second kappa shape index (κ2) is 22.0. The Bertz CT molecular complexity index is 2970. The number of rotatable bonds is 17. The highest BCUT2D eigenvalue weighted by molar-refractivity contribution is 5.83. The molecular formula is C63H110O30. The Morgan fingerprint density at radius 2 is 0.430 bits per heavy atom. The SMILES string of the molecule is CCCCCC.CO[C@]1(C)C(C)(C(=O)O)O[C@@](C)(O[C@]2(C)C(C)(C(=O)O)O[C@@](C)(O[C@]3(C)C(C)(C(=O)O)O[C@@](C)(O[C@@]4(C)C(C)(O)C(C)(O)[C@](C)(O[C@]5(C)C(C)(C(=O)O)OC(C)(C)C(C)(O)[C@]5(C)O)O[C@@]4(C)C(=O)O)[C@](C)(O)C3(C)O)C(C)(O)C2(C)O)C(C)(O)[C@]1(C)O. The molecular weight excluding hydrogens is 1240 g/mol. The number of carbonyl (C=O) groups is 5. The van der Waals surface area contributed by atoms with Crippen molar-refractivity contribution in [1.82, 2.24) is 0 Å². The summed E-state index contributed by atoms with van der Waals surface area (Å²) >= 11 is 0. The van der Waals surface area contributed by atoms with Crippen molar-refractivity contribution in [3.63, 3.8) is 0 Å². The molecule has 15 N–H and O–H groups in total. The van der Waals surface area contributed by atoms with E-state index < -0.39 is 171 Å². The molecule has 0 aliphatic carbocycles. The van der Waals surface area contributed by atoms with Gasteiger partial charge < -0.3 is 124 Å². The van der Waals surface area contributed by atoms with Gasteiger partial charge in [-0.3, -0.25) is 0 Å². The summed E-state index contributed by atoms with van der Waals surface area (Å²) in [5.41, 5.74) is -62.6. The van der Waals surface area contributed by atoms with Crippen molar-refractivity contribution in [3.8, 4) is 0 Å². The van der Waals surface area contributed by atoms with E-state index in [2.05, 4.69) is 13.8 Å². The van der Waals surface area contributed by atoms with E-state index in [0.29, 0.717) is 0 Å². The molecule has 0 spiro atoms. The fourth-order valence-electron chi connectivity index (χ4n) is 15.0. The Kier molecular flexibility index (Phi) is 19.4.